The summed E-state index contributed by atoms with van der Waals surface area (Å²) in [5, 5.41) is 22.8. The Hall–Kier alpha value is -2.63. The van der Waals surface area contributed by atoms with Crippen molar-refractivity contribution in [1.29, 1.82) is 5.26 Å². The van der Waals surface area contributed by atoms with Crippen LogP contribution in [-0.2, 0) is 30.6 Å². The lowest BCUT2D eigenvalue weighted by Crippen LogP contribution is -2.15. The number of aryl methyl sites for hydroxylation is 1. The number of carbonyl (C=O) groups excluding carboxylic acids is 1. The number of nitrogens with zero attached hydrogens (tertiary/aromatic N) is 4. The molecule has 0 aliphatic heterocycles. The van der Waals surface area contributed by atoms with E-state index in [0.717, 1.165) is 48.8 Å². The third-order valence-corrected chi connectivity index (χ3v) is 7.86. The third-order valence-electron chi connectivity index (χ3n) is 5.68. The standard InChI is InChI=1S/C24H27N5OS2/c1-2-29-21(14-17-10-6-5-7-11-17)27-28-24(29)31-16-22(30)26-23-19(15-25)18-12-8-3-4-9-13-20(18)32-23/h5-7,10-11H,2-4,8-9,12-14,16H2,1H3,(H,26,30). The van der Waals surface area contributed by atoms with Crippen molar-refractivity contribution in [3.63, 3.8) is 0 Å². The average Bonchev–Trinajstić information content (AvgIpc) is 3.32. The fourth-order valence-electron chi connectivity index (χ4n) is 4.07. The SMILES string of the molecule is CCn1c(Cc2ccccc2)nnc1SCC(=O)Nc1sc2c(c1C#N)CCCCCC2. The second kappa shape index (κ2) is 10.8. The van der Waals surface area contributed by atoms with Crippen LogP contribution in [0, 0.1) is 11.3 Å². The molecule has 4 rings (SSSR count). The summed E-state index contributed by atoms with van der Waals surface area (Å²) in [4.78, 5) is 14.0. The van der Waals surface area contributed by atoms with E-state index in [9.17, 15) is 10.1 Å². The number of benzene rings is 1. The highest BCUT2D eigenvalue weighted by Gasteiger charge is 2.21. The number of aromatic nitrogens is 3. The molecule has 8 heteroatoms. The maximum atomic E-state index is 12.7. The highest BCUT2D eigenvalue weighted by Crippen LogP contribution is 2.36. The van der Waals surface area contributed by atoms with E-state index in [0.29, 0.717) is 17.0 Å². The van der Waals surface area contributed by atoms with E-state index in [4.69, 9.17) is 0 Å². The first-order valence-corrected chi connectivity index (χ1v) is 12.9. The van der Waals surface area contributed by atoms with Gasteiger partial charge in [0.1, 0.15) is 16.9 Å². The Labute approximate surface area is 197 Å². The normalized spacial score (nSPS) is 13.6. The van der Waals surface area contributed by atoms with Crippen LogP contribution in [0.2, 0.25) is 0 Å². The van der Waals surface area contributed by atoms with Crippen molar-refractivity contribution < 1.29 is 4.79 Å². The van der Waals surface area contributed by atoms with Gasteiger partial charge in [0.15, 0.2) is 5.16 Å². The van der Waals surface area contributed by atoms with Gasteiger partial charge in [-0.05, 0) is 43.7 Å². The molecule has 0 bridgehead atoms. The number of nitrogens with one attached hydrogen (secondary N) is 1. The second-order valence-corrected chi connectivity index (χ2v) is 9.92. The number of thiophene rings is 1. The van der Waals surface area contributed by atoms with Crippen molar-refractivity contribution in [2.45, 2.75) is 63.6 Å². The molecule has 1 aromatic carbocycles. The van der Waals surface area contributed by atoms with Crippen molar-refractivity contribution in [2.75, 3.05) is 11.1 Å². The Balaban J connectivity index is 1.41. The highest BCUT2D eigenvalue weighted by molar-refractivity contribution is 7.99. The molecule has 166 valence electrons. The van der Waals surface area contributed by atoms with Crippen LogP contribution in [0.4, 0.5) is 5.00 Å². The van der Waals surface area contributed by atoms with Gasteiger partial charge in [0.05, 0.1) is 11.3 Å². The van der Waals surface area contributed by atoms with Crippen LogP contribution in [0.15, 0.2) is 35.5 Å². The summed E-state index contributed by atoms with van der Waals surface area (Å²) in [5.41, 5.74) is 2.99. The summed E-state index contributed by atoms with van der Waals surface area (Å²) in [6, 6.07) is 12.5. The molecule has 0 saturated heterocycles. The second-order valence-electron chi connectivity index (χ2n) is 7.88. The number of fused-ring (bicyclic) bond motifs is 1. The molecule has 0 unspecified atom stereocenters. The van der Waals surface area contributed by atoms with Crippen molar-refractivity contribution in [3.8, 4) is 6.07 Å². The van der Waals surface area contributed by atoms with E-state index >= 15 is 0 Å². The summed E-state index contributed by atoms with van der Waals surface area (Å²) in [7, 11) is 0. The molecule has 6 nitrogen and oxygen atoms in total. The van der Waals surface area contributed by atoms with E-state index in [1.807, 2.05) is 18.2 Å². The van der Waals surface area contributed by atoms with Gasteiger partial charge in [0.25, 0.3) is 0 Å². The molecule has 0 fully saturated rings. The lowest BCUT2D eigenvalue weighted by Gasteiger charge is -2.09. The molecule has 0 atom stereocenters. The van der Waals surface area contributed by atoms with Crippen LogP contribution in [-0.4, -0.2) is 26.4 Å². The van der Waals surface area contributed by atoms with Crippen LogP contribution in [0.5, 0.6) is 0 Å². The predicted octanol–water partition coefficient (Wildman–Crippen LogP) is 5.21. The average molecular weight is 466 g/mol. The van der Waals surface area contributed by atoms with E-state index in [1.54, 1.807) is 11.3 Å². The summed E-state index contributed by atoms with van der Waals surface area (Å²) < 4.78 is 2.06. The Kier molecular flexibility index (Phi) is 7.61. The topological polar surface area (TPSA) is 83.6 Å². The number of carbonyl (C=O) groups is 1. The molecule has 1 aliphatic rings. The molecule has 1 N–H and O–H groups in total. The molecule has 32 heavy (non-hydrogen) atoms. The van der Waals surface area contributed by atoms with E-state index < -0.39 is 0 Å². The number of anilines is 1. The fourth-order valence-corrected chi connectivity index (χ4v) is 6.15. The first-order valence-electron chi connectivity index (χ1n) is 11.1. The maximum absolute atomic E-state index is 12.7. The number of amides is 1. The summed E-state index contributed by atoms with van der Waals surface area (Å²) in [6.07, 6.45) is 7.36. The van der Waals surface area contributed by atoms with Gasteiger partial charge in [-0.1, -0.05) is 54.9 Å². The van der Waals surface area contributed by atoms with Crippen molar-refractivity contribution in [2.24, 2.45) is 0 Å². The van der Waals surface area contributed by atoms with Crippen molar-refractivity contribution >= 4 is 34.0 Å². The number of thioether (sulfide) groups is 1. The zero-order valence-corrected chi connectivity index (χ0v) is 19.9. The first kappa shape index (κ1) is 22.6. The van der Waals surface area contributed by atoms with Gasteiger partial charge >= 0.3 is 0 Å². The zero-order chi connectivity index (χ0) is 22.3. The summed E-state index contributed by atoms with van der Waals surface area (Å²) in [6.45, 7) is 2.80. The van der Waals surface area contributed by atoms with Crippen LogP contribution in [0.1, 0.15) is 60.0 Å². The van der Waals surface area contributed by atoms with Crippen LogP contribution >= 0.6 is 23.1 Å². The Bertz CT molecular complexity index is 1110. The molecule has 2 heterocycles. The smallest absolute Gasteiger partial charge is 0.235 e. The van der Waals surface area contributed by atoms with Gasteiger partial charge in [-0.25, -0.2) is 0 Å². The molecule has 0 saturated carbocycles. The van der Waals surface area contributed by atoms with E-state index in [1.165, 1.54) is 35.0 Å². The van der Waals surface area contributed by atoms with Gasteiger partial charge in [-0.2, -0.15) is 5.26 Å². The van der Waals surface area contributed by atoms with Crippen LogP contribution < -0.4 is 5.32 Å². The number of hydrogen-bond acceptors (Lipinski definition) is 6. The molecule has 3 aromatic rings. The highest BCUT2D eigenvalue weighted by atomic mass is 32.2. The van der Waals surface area contributed by atoms with Gasteiger partial charge < -0.3 is 9.88 Å². The van der Waals surface area contributed by atoms with E-state index in [2.05, 4.69) is 45.2 Å². The maximum Gasteiger partial charge on any atom is 0.235 e. The van der Waals surface area contributed by atoms with Gasteiger partial charge in [-0.3, -0.25) is 4.79 Å². The Morgan fingerprint density at radius 2 is 1.97 bits per heavy atom. The molecule has 0 spiro atoms. The molecular formula is C24H27N5OS2. The largest absolute Gasteiger partial charge is 0.316 e. The van der Waals surface area contributed by atoms with Gasteiger partial charge in [0, 0.05) is 17.8 Å². The lowest BCUT2D eigenvalue weighted by atomic mass is 9.97. The van der Waals surface area contributed by atoms with Crippen LogP contribution in [0.25, 0.3) is 0 Å². The summed E-state index contributed by atoms with van der Waals surface area (Å²) in [5.74, 6) is 1.01. The molecule has 0 radical (unpaired) electrons. The zero-order valence-electron chi connectivity index (χ0n) is 18.3. The minimum Gasteiger partial charge on any atom is -0.316 e. The molecule has 1 aliphatic carbocycles. The molecular weight excluding hydrogens is 438 g/mol. The Morgan fingerprint density at radius 3 is 2.72 bits per heavy atom. The lowest BCUT2D eigenvalue weighted by molar-refractivity contribution is -0.113. The summed E-state index contributed by atoms with van der Waals surface area (Å²) >= 11 is 2.96. The van der Waals surface area contributed by atoms with Gasteiger partial charge in [0.2, 0.25) is 5.91 Å². The van der Waals surface area contributed by atoms with Crippen LogP contribution in [0.3, 0.4) is 0 Å². The Morgan fingerprint density at radius 1 is 1.19 bits per heavy atom. The van der Waals surface area contributed by atoms with E-state index in [-0.39, 0.29) is 11.7 Å². The first-order chi connectivity index (χ1) is 15.7. The quantitative estimate of drug-likeness (QED) is 0.484. The molecule has 2 aromatic heterocycles. The molecule has 1 amide bonds. The predicted molar refractivity (Wildman–Crippen MR) is 129 cm³/mol. The number of hydrogen-bond donors (Lipinski definition) is 1. The number of nitriles is 1. The van der Waals surface area contributed by atoms with Gasteiger partial charge in [-0.15, -0.1) is 21.5 Å². The van der Waals surface area contributed by atoms with Crippen molar-refractivity contribution in [1.82, 2.24) is 14.8 Å². The minimum atomic E-state index is -0.115. The van der Waals surface area contributed by atoms with Crippen molar-refractivity contribution in [3.05, 3.63) is 57.7 Å². The fraction of sp³-hybridized carbons (Fsp3) is 0.417. The number of rotatable bonds is 7. The monoisotopic (exact) mass is 465 g/mol. The third kappa shape index (κ3) is 5.22. The minimum absolute atomic E-state index is 0.115.